The zero-order valence-electron chi connectivity index (χ0n) is 13.8. The lowest BCUT2D eigenvalue weighted by Gasteiger charge is -2.24. The van der Waals surface area contributed by atoms with Crippen LogP contribution in [0.2, 0.25) is 0 Å². The maximum Gasteiger partial charge on any atom is 0.426 e. The number of amides is 2. The Bertz CT molecular complexity index is 597. The van der Waals surface area contributed by atoms with Gasteiger partial charge in [-0.05, 0) is 44.5 Å². The van der Waals surface area contributed by atoms with Gasteiger partial charge in [-0.1, -0.05) is 15.9 Å². The summed E-state index contributed by atoms with van der Waals surface area (Å²) in [5, 5.41) is 0. The Hall–Kier alpha value is -1.80. The molecule has 7 nitrogen and oxygen atoms in total. The van der Waals surface area contributed by atoms with Gasteiger partial charge in [0.15, 0.2) is 0 Å². The summed E-state index contributed by atoms with van der Waals surface area (Å²) in [5.74, 6) is 0.545. The Kier molecular flexibility index (Phi) is 6.86. The Balaban J connectivity index is 1.99. The van der Waals surface area contributed by atoms with Crippen molar-refractivity contribution in [1.82, 2.24) is 15.8 Å². The minimum absolute atomic E-state index is 0.241. The van der Waals surface area contributed by atoms with Gasteiger partial charge in [-0.3, -0.25) is 15.1 Å². The van der Waals surface area contributed by atoms with Crippen molar-refractivity contribution in [2.45, 2.75) is 32.4 Å². The summed E-state index contributed by atoms with van der Waals surface area (Å²) in [7, 11) is 1.63. The number of nitrogens with one attached hydrogen (secondary N) is 2. The van der Waals surface area contributed by atoms with E-state index >= 15 is 0 Å². The van der Waals surface area contributed by atoms with Crippen LogP contribution in [0.4, 0.5) is 4.79 Å². The molecular weight excluding hydrogens is 378 g/mol. The number of ether oxygens (including phenoxy) is 2. The van der Waals surface area contributed by atoms with Crippen LogP contribution in [0.5, 0.6) is 5.75 Å². The number of rotatable bonds is 5. The lowest BCUT2D eigenvalue weighted by Crippen LogP contribution is -2.50. The van der Waals surface area contributed by atoms with E-state index in [1.165, 1.54) is 0 Å². The summed E-state index contributed by atoms with van der Waals surface area (Å²) in [5.41, 5.74) is 5.68. The molecule has 132 valence electrons. The van der Waals surface area contributed by atoms with Crippen LogP contribution in [0, 0.1) is 0 Å². The van der Waals surface area contributed by atoms with Crippen molar-refractivity contribution in [2.24, 2.45) is 0 Å². The van der Waals surface area contributed by atoms with E-state index in [2.05, 4.69) is 31.7 Å². The molecule has 0 aliphatic carbocycles. The van der Waals surface area contributed by atoms with Crippen molar-refractivity contribution in [2.75, 3.05) is 20.3 Å². The molecule has 1 aliphatic heterocycles. The highest BCUT2D eigenvalue weighted by Crippen LogP contribution is 2.27. The fourth-order valence-electron chi connectivity index (χ4n) is 2.76. The number of halogens is 1. The van der Waals surface area contributed by atoms with E-state index in [0.29, 0.717) is 6.54 Å². The van der Waals surface area contributed by atoms with Crippen molar-refractivity contribution in [3.63, 3.8) is 0 Å². The van der Waals surface area contributed by atoms with E-state index in [1.807, 2.05) is 18.2 Å². The molecule has 1 fully saturated rings. The topological polar surface area (TPSA) is 79.9 Å². The van der Waals surface area contributed by atoms with Crippen LogP contribution in [0.1, 0.15) is 25.3 Å². The maximum atomic E-state index is 12.3. The number of carbonyl (C=O) groups excluding carboxylic acids is 2. The average Bonchev–Trinajstić information content (AvgIpc) is 3.01. The third-order valence-corrected chi connectivity index (χ3v) is 4.34. The first-order valence-electron chi connectivity index (χ1n) is 7.84. The normalized spacial score (nSPS) is 17.4. The predicted molar refractivity (Wildman–Crippen MR) is 92.4 cm³/mol. The summed E-state index contributed by atoms with van der Waals surface area (Å²) in [4.78, 5) is 25.7. The molecule has 0 spiro atoms. The Morgan fingerprint density at radius 3 is 2.88 bits per heavy atom. The highest BCUT2D eigenvalue weighted by molar-refractivity contribution is 9.10. The first-order chi connectivity index (χ1) is 11.5. The van der Waals surface area contributed by atoms with Gasteiger partial charge in [-0.25, -0.2) is 10.2 Å². The fourth-order valence-corrected chi connectivity index (χ4v) is 3.17. The number of methoxy groups -OCH3 is 1. The number of hydrogen-bond acceptors (Lipinski definition) is 5. The lowest BCUT2D eigenvalue weighted by molar-refractivity contribution is -0.126. The summed E-state index contributed by atoms with van der Waals surface area (Å²) in [6.07, 6.45) is 1.00. The number of benzene rings is 1. The summed E-state index contributed by atoms with van der Waals surface area (Å²) >= 11 is 3.46. The Morgan fingerprint density at radius 1 is 1.38 bits per heavy atom. The molecule has 1 aliphatic rings. The van der Waals surface area contributed by atoms with Gasteiger partial charge in [0, 0.05) is 16.6 Å². The Labute approximate surface area is 149 Å². The molecule has 8 heteroatoms. The van der Waals surface area contributed by atoms with E-state index in [1.54, 1.807) is 14.0 Å². The Morgan fingerprint density at radius 2 is 2.17 bits per heavy atom. The minimum Gasteiger partial charge on any atom is -0.496 e. The van der Waals surface area contributed by atoms with Gasteiger partial charge in [-0.2, -0.15) is 0 Å². The van der Waals surface area contributed by atoms with E-state index in [-0.39, 0.29) is 18.6 Å². The van der Waals surface area contributed by atoms with Gasteiger partial charge >= 0.3 is 6.09 Å². The van der Waals surface area contributed by atoms with Crippen molar-refractivity contribution in [3.8, 4) is 5.75 Å². The molecular formula is C16H22BrN3O4. The molecule has 0 radical (unpaired) electrons. The number of nitrogens with zero attached hydrogens (tertiary/aromatic N) is 1. The molecule has 1 saturated heterocycles. The van der Waals surface area contributed by atoms with Crippen LogP contribution in [-0.2, 0) is 16.1 Å². The largest absolute Gasteiger partial charge is 0.496 e. The van der Waals surface area contributed by atoms with Crippen molar-refractivity contribution >= 4 is 27.9 Å². The standard InChI is InChI=1S/C16H22BrN3O4/c1-3-24-16(22)19-18-15(21)13-5-4-8-20(13)10-11-9-12(17)6-7-14(11)23-2/h6-7,9,13H,3-5,8,10H2,1-2H3,(H,18,21)(H,19,22)/t13-/m1/s1. The van der Waals surface area contributed by atoms with Crippen LogP contribution in [-0.4, -0.2) is 43.2 Å². The minimum atomic E-state index is -0.663. The lowest BCUT2D eigenvalue weighted by atomic mass is 10.1. The van der Waals surface area contributed by atoms with Gasteiger partial charge in [0.1, 0.15) is 5.75 Å². The van der Waals surface area contributed by atoms with Crippen LogP contribution in [0.3, 0.4) is 0 Å². The zero-order chi connectivity index (χ0) is 17.5. The first kappa shape index (κ1) is 18.5. The number of hydrogen-bond donors (Lipinski definition) is 2. The molecule has 1 aromatic carbocycles. The summed E-state index contributed by atoms with van der Waals surface area (Å²) < 4.78 is 11.1. The van der Waals surface area contributed by atoms with E-state index < -0.39 is 6.09 Å². The molecule has 0 aromatic heterocycles. The molecule has 1 aromatic rings. The zero-order valence-corrected chi connectivity index (χ0v) is 15.4. The highest BCUT2D eigenvalue weighted by Gasteiger charge is 2.31. The van der Waals surface area contributed by atoms with Crippen LogP contribution in [0.15, 0.2) is 22.7 Å². The van der Waals surface area contributed by atoms with Crippen molar-refractivity contribution < 1.29 is 19.1 Å². The molecule has 1 atom stereocenters. The van der Waals surface area contributed by atoms with Crippen molar-refractivity contribution in [3.05, 3.63) is 28.2 Å². The summed E-state index contributed by atoms with van der Waals surface area (Å²) in [6.45, 7) is 3.36. The van der Waals surface area contributed by atoms with Gasteiger partial charge in [0.25, 0.3) is 5.91 Å². The molecule has 0 saturated carbocycles. The van der Waals surface area contributed by atoms with Gasteiger partial charge in [0.2, 0.25) is 0 Å². The summed E-state index contributed by atoms with van der Waals surface area (Å²) in [6, 6.07) is 5.51. The number of hydrazine groups is 1. The second-order valence-corrected chi connectivity index (χ2v) is 6.34. The van der Waals surface area contributed by atoms with Gasteiger partial charge < -0.3 is 9.47 Å². The van der Waals surface area contributed by atoms with Crippen LogP contribution in [0.25, 0.3) is 0 Å². The fraction of sp³-hybridized carbons (Fsp3) is 0.500. The van der Waals surface area contributed by atoms with Crippen LogP contribution >= 0.6 is 15.9 Å². The van der Waals surface area contributed by atoms with E-state index in [0.717, 1.165) is 35.2 Å². The quantitative estimate of drug-likeness (QED) is 0.741. The molecule has 2 amide bonds. The molecule has 1 heterocycles. The molecule has 24 heavy (non-hydrogen) atoms. The number of carbonyl (C=O) groups is 2. The van der Waals surface area contributed by atoms with Crippen LogP contribution < -0.4 is 15.6 Å². The van der Waals surface area contributed by atoms with Gasteiger partial charge in [0.05, 0.1) is 19.8 Å². The SMILES string of the molecule is CCOC(=O)NNC(=O)[C@H]1CCCN1Cc1cc(Br)ccc1OC. The molecule has 0 bridgehead atoms. The molecule has 2 rings (SSSR count). The van der Waals surface area contributed by atoms with E-state index in [9.17, 15) is 9.59 Å². The average molecular weight is 400 g/mol. The second kappa shape index (κ2) is 8.89. The highest BCUT2D eigenvalue weighted by atomic mass is 79.9. The molecule has 0 unspecified atom stereocenters. The predicted octanol–water partition coefficient (Wildman–Crippen LogP) is 2.20. The third kappa shape index (κ3) is 4.85. The third-order valence-electron chi connectivity index (χ3n) is 3.85. The maximum absolute atomic E-state index is 12.3. The van der Waals surface area contributed by atoms with E-state index in [4.69, 9.17) is 9.47 Å². The molecule has 2 N–H and O–H groups in total. The van der Waals surface area contributed by atoms with Crippen molar-refractivity contribution in [1.29, 1.82) is 0 Å². The van der Waals surface area contributed by atoms with Gasteiger partial charge in [-0.15, -0.1) is 0 Å². The smallest absolute Gasteiger partial charge is 0.426 e. The second-order valence-electron chi connectivity index (χ2n) is 5.42. The first-order valence-corrected chi connectivity index (χ1v) is 8.63. The monoisotopic (exact) mass is 399 g/mol. The number of likely N-dealkylation sites (tertiary alicyclic amines) is 1.